The summed E-state index contributed by atoms with van der Waals surface area (Å²) >= 11 is 0. The van der Waals surface area contributed by atoms with Gasteiger partial charge in [-0.25, -0.2) is 0 Å². The molecule has 0 aromatic carbocycles. The minimum atomic E-state index is -0.327. The first-order valence-corrected chi connectivity index (χ1v) is 9.44. The van der Waals surface area contributed by atoms with E-state index in [2.05, 4.69) is 78.3 Å². The predicted octanol–water partition coefficient (Wildman–Crippen LogP) is 6.86. The zero-order chi connectivity index (χ0) is 20.2. The summed E-state index contributed by atoms with van der Waals surface area (Å²) in [7, 11) is 0. The normalized spacial score (nSPS) is 27.9. The van der Waals surface area contributed by atoms with Crippen LogP contribution in [-0.2, 0) is 9.47 Å². The molecule has 2 nitrogen and oxygen atoms in total. The van der Waals surface area contributed by atoms with Crippen molar-refractivity contribution < 1.29 is 9.47 Å². The van der Waals surface area contributed by atoms with Crippen molar-refractivity contribution in [2.75, 3.05) is 0 Å². The van der Waals surface area contributed by atoms with E-state index in [1.807, 2.05) is 0 Å². The van der Waals surface area contributed by atoms with Gasteiger partial charge in [-0.1, -0.05) is 35.8 Å². The van der Waals surface area contributed by atoms with Crippen LogP contribution in [0.1, 0.15) is 60.8 Å². The SMILES string of the molecule is C=C=COC1(C)C=C(C)C(CC2=C(C)CC(C)(OC=C=C)C=C2C)=C(C)C1. The molecule has 0 aromatic heterocycles. The van der Waals surface area contributed by atoms with E-state index in [-0.39, 0.29) is 11.2 Å². The van der Waals surface area contributed by atoms with Crippen LogP contribution in [0.5, 0.6) is 0 Å². The molecule has 2 rings (SSSR count). The number of rotatable bonds is 6. The summed E-state index contributed by atoms with van der Waals surface area (Å²) in [5.41, 5.74) is 12.9. The summed E-state index contributed by atoms with van der Waals surface area (Å²) in [4.78, 5) is 0. The molecular weight excluding hydrogens is 332 g/mol. The van der Waals surface area contributed by atoms with Gasteiger partial charge in [0.15, 0.2) is 0 Å². The van der Waals surface area contributed by atoms with Gasteiger partial charge in [0, 0.05) is 12.8 Å². The van der Waals surface area contributed by atoms with Gasteiger partial charge in [0.05, 0.1) is 0 Å². The molecule has 0 heterocycles. The zero-order valence-corrected chi connectivity index (χ0v) is 17.7. The summed E-state index contributed by atoms with van der Waals surface area (Å²) in [6.07, 6.45) is 10.3. The number of ether oxygens (including phenoxy) is 2. The summed E-state index contributed by atoms with van der Waals surface area (Å²) < 4.78 is 11.7. The lowest BCUT2D eigenvalue weighted by Gasteiger charge is -2.35. The van der Waals surface area contributed by atoms with Crippen LogP contribution in [0, 0.1) is 0 Å². The van der Waals surface area contributed by atoms with E-state index in [9.17, 15) is 0 Å². The largest absolute Gasteiger partial charge is 0.483 e. The van der Waals surface area contributed by atoms with E-state index in [1.54, 1.807) is 12.5 Å². The zero-order valence-electron chi connectivity index (χ0n) is 17.7. The third kappa shape index (κ3) is 4.86. The molecule has 0 N–H and O–H groups in total. The molecule has 0 radical (unpaired) electrons. The maximum absolute atomic E-state index is 5.84. The van der Waals surface area contributed by atoms with Crippen LogP contribution in [0.25, 0.3) is 0 Å². The molecule has 0 saturated heterocycles. The van der Waals surface area contributed by atoms with Gasteiger partial charge in [-0.2, -0.15) is 0 Å². The Kier molecular flexibility index (Phi) is 6.26. The lowest BCUT2D eigenvalue weighted by Crippen LogP contribution is -2.29. The molecule has 0 fully saturated rings. The number of hydrogen-bond acceptors (Lipinski definition) is 2. The van der Waals surface area contributed by atoms with Crippen molar-refractivity contribution in [2.24, 2.45) is 0 Å². The van der Waals surface area contributed by atoms with E-state index < -0.39 is 0 Å². The van der Waals surface area contributed by atoms with Gasteiger partial charge >= 0.3 is 0 Å². The van der Waals surface area contributed by atoms with Crippen LogP contribution < -0.4 is 0 Å². The summed E-state index contributed by atoms with van der Waals surface area (Å²) in [6, 6.07) is 0. The Labute approximate surface area is 164 Å². The molecule has 2 atom stereocenters. The number of allylic oxidation sites excluding steroid dienone is 4. The van der Waals surface area contributed by atoms with Crippen LogP contribution >= 0.6 is 0 Å². The minimum absolute atomic E-state index is 0.327. The predicted molar refractivity (Wildman–Crippen MR) is 113 cm³/mol. The van der Waals surface area contributed by atoms with Gasteiger partial charge in [0.25, 0.3) is 0 Å². The van der Waals surface area contributed by atoms with Crippen molar-refractivity contribution in [3.8, 4) is 0 Å². The lowest BCUT2D eigenvalue weighted by molar-refractivity contribution is 0.0841. The van der Waals surface area contributed by atoms with Gasteiger partial charge in [0.1, 0.15) is 23.7 Å². The Hall–Kier alpha value is -2.40. The molecule has 0 spiro atoms. The first-order chi connectivity index (χ1) is 12.6. The molecule has 0 saturated carbocycles. The van der Waals surface area contributed by atoms with Crippen LogP contribution in [0.15, 0.2) is 82.7 Å². The Morgan fingerprint density at radius 1 is 0.852 bits per heavy atom. The molecular formula is C25H32O2. The van der Waals surface area contributed by atoms with Crippen LogP contribution in [0.4, 0.5) is 0 Å². The van der Waals surface area contributed by atoms with Crippen molar-refractivity contribution in [1.82, 2.24) is 0 Å². The molecule has 0 aliphatic heterocycles. The van der Waals surface area contributed by atoms with Gasteiger partial charge in [0.2, 0.25) is 0 Å². The quantitative estimate of drug-likeness (QED) is 0.379. The molecule has 2 aliphatic carbocycles. The standard InChI is InChI=1S/C25H32O2/c1-9-11-26-24(7)14-18(3)22(19(4)15-24)13-23-20(5)16-25(8,17-21(23)6)27-12-10-2/h11-12,14,16H,1-2,13,15,17H2,3-8H3. The Bertz CT molecular complexity index is 766. The van der Waals surface area contributed by atoms with Crippen molar-refractivity contribution >= 4 is 0 Å². The first kappa shape index (κ1) is 20.9. The molecule has 27 heavy (non-hydrogen) atoms. The molecule has 2 unspecified atom stereocenters. The second-order valence-corrected chi connectivity index (χ2v) is 8.21. The highest BCUT2D eigenvalue weighted by molar-refractivity contribution is 5.49. The summed E-state index contributed by atoms with van der Waals surface area (Å²) in [6.45, 7) is 20.2. The first-order valence-electron chi connectivity index (χ1n) is 9.44. The molecule has 0 aromatic rings. The summed E-state index contributed by atoms with van der Waals surface area (Å²) in [5.74, 6) is 0. The van der Waals surface area contributed by atoms with Crippen molar-refractivity contribution in [2.45, 2.75) is 72.0 Å². The minimum Gasteiger partial charge on any atom is -0.483 e. The smallest absolute Gasteiger partial charge is 0.129 e. The van der Waals surface area contributed by atoms with E-state index in [0.717, 1.165) is 19.3 Å². The number of hydrogen-bond donors (Lipinski definition) is 0. The average molecular weight is 365 g/mol. The fourth-order valence-corrected chi connectivity index (χ4v) is 4.39. The Morgan fingerprint density at radius 3 is 1.52 bits per heavy atom. The lowest BCUT2D eigenvalue weighted by atomic mass is 9.77. The van der Waals surface area contributed by atoms with Gasteiger partial charge in [-0.15, -0.1) is 0 Å². The maximum Gasteiger partial charge on any atom is 0.129 e. The maximum atomic E-state index is 5.84. The van der Waals surface area contributed by atoms with E-state index in [1.165, 1.54) is 33.4 Å². The molecule has 2 aliphatic rings. The highest BCUT2D eigenvalue weighted by Crippen LogP contribution is 2.41. The summed E-state index contributed by atoms with van der Waals surface area (Å²) in [5, 5.41) is 0. The molecule has 0 bridgehead atoms. The van der Waals surface area contributed by atoms with E-state index >= 15 is 0 Å². The second-order valence-electron chi connectivity index (χ2n) is 8.21. The van der Waals surface area contributed by atoms with Crippen molar-refractivity contribution in [3.63, 3.8) is 0 Å². The third-order valence-corrected chi connectivity index (χ3v) is 5.43. The fraction of sp³-hybridized carbons (Fsp3) is 0.440. The van der Waals surface area contributed by atoms with E-state index in [4.69, 9.17) is 9.47 Å². The van der Waals surface area contributed by atoms with Crippen LogP contribution in [-0.4, -0.2) is 11.2 Å². The average Bonchev–Trinajstić information content (AvgIpc) is 2.56. The topological polar surface area (TPSA) is 18.5 Å². The second kappa shape index (κ2) is 8.09. The highest BCUT2D eigenvalue weighted by Gasteiger charge is 2.32. The van der Waals surface area contributed by atoms with Gasteiger partial charge in [-0.05, 0) is 82.4 Å². The van der Waals surface area contributed by atoms with Gasteiger partial charge in [-0.3, -0.25) is 0 Å². The van der Waals surface area contributed by atoms with Crippen molar-refractivity contribution in [1.29, 1.82) is 0 Å². The van der Waals surface area contributed by atoms with Crippen LogP contribution in [0.3, 0.4) is 0 Å². The Morgan fingerprint density at radius 2 is 1.22 bits per heavy atom. The monoisotopic (exact) mass is 364 g/mol. The third-order valence-electron chi connectivity index (χ3n) is 5.43. The fourth-order valence-electron chi connectivity index (χ4n) is 4.39. The molecule has 144 valence electrons. The molecule has 0 amide bonds. The molecule has 2 heteroatoms. The highest BCUT2D eigenvalue weighted by atomic mass is 16.5. The van der Waals surface area contributed by atoms with Crippen molar-refractivity contribution in [3.05, 3.63) is 82.7 Å². The van der Waals surface area contributed by atoms with E-state index in [0.29, 0.717) is 0 Å². The van der Waals surface area contributed by atoms with Gasteiger partial charge < -0.3 is 9.47 Å². The van der Waals surface area contributed by atoms with Crippen LogP contribution in [0.2, 0.25) is 0 Å². The Balaban J connectivity index is 2.27.